The lowest BCUT2D eigenvalue weighted by molar-refractivity contribution is -0.141. The number of hydrogen-bond donors (Lipinski definition) is 1. The minimum atomic E-state index is -1.05. The maximum atomic E-state index is 12.4. The van der Waals surface area contributed by atoms with E-state index < -0.39 is 17.6 Å². The van der Waals surface area contributed by atoms with Crippen LogP contribution in [0.15, 0.2) is 83.8 Å². The quantitative estimate of drug-likeness (QED) is 0.711. The number of carbonyl (C=O) groups is 1. The van der Waals surface area contributed by atoms with Crippen molar-refractivity contribution in [2.45, 2.75) is 19.1 Å². The van der Waals surface area contributed by atoms with E-state index in [4.69, 9.17) is 4.74 Å². The van der Waals surface area contributed by atoms with Crippen molar-refractivity contribution < 1.29 is 14.6 Å². The van der Waals surface area contributed by atoms with E-state index in [9.17, 15) is 14.7 Å². The third-order valence-corrected chi connectivity index (χ3v) is 4.06. The highest BCUT2D eigenvalue weighted by molar-refractivity contribution is 5.72. The van der Waals surface area contributed by atoms with Gasteiger partial charge in [-0.15, -0.1) is 0 Å². The van der Waals surface area contributed by atoms with Crippen molar-refractivity contribution in [2.75, 3.05) is 0 Å². The Hall–Kier alpha value is -3.34. The normalized spacial score (nSPS) is 11.7. The highest BCUT2D eigenvalue weighted by Crippen LogP contribution is 2.16. The zero-order chi connectivity index (χ0) is 18.4. The Bertz CT molecular complexity index is 920. The number of carboxylic acid groups (broad SMARTS) is 1. The molecule has 0 aliphatic carbocycles. The highest BCUT2D eigenvalue weighted by Gasteiger charge is 2.21. The van der Waals surface area contributed by atoms with E-state index in [-0.39, 0.29) is 6.42 Å². The Morgan fingerprint density at radius 3 is 2.15 bits per heavy atom. The molecule has 0 saturated carbocycles. The summed E-state index contributed by atoms with van der Waals surface area (Å²) in [5, 5.41) is 9.54. The molecule has 1 heterocycles. The van der Waals surface area contributed by atoms with Crippen molar-refractivity contribution in [3.63, 3.8) is 0 Å². The van der Waals surface area contributed by atoms with E-state index in [0.29, 0.717) is 12.4 Å². The molecule has 5 heteroatoms. The summed E-state index contributed by atoms with van der Waals surface area (Å²) >= 11 is 0. The van der Waals surface area contributed by atoms with Crippen LogP contribution in [0.1, 0.15) is 17.2 Å². The summed E-state index contributed by atoms with van der Waals surface area (Å²) in [6.07, 6.45) is 1.71. The molecular formula is C21H19NO4. The van der Waals surface area contributed by atoms with Gasteiger partial charge in [0, 0.05) is 18.7 Å². The standard InChI is InChI=1S/C21H19NO4/c23-20-14-18(26-15-17-9-5-2-6-10-17)11-12-22(20)19(21(24)25)13-16-7-3-1-4-8-16/h1-12,14,19H,13,15H2,(H,24,25). The van der Waals surface area contributed by atoms with E-state index in [1.807, 2.05) is 60.7 Å². The summed E-state index contributed by atoms with van der Waals surface area (Å²) in [6.45, 7) is 0.344. The maximum Gasteiger partial charge on any atom is 0.327 e. The minimum absolute atomic E-state index is 0.236. The molecule has 1 unspecified atom stereocenters. The van der Waals surface area contributed by atoms with E-state index in [2.05, 4.69) is 0 Å². The summed E-state index contributed by atoms with van der Waals surface area (Å²) in [5.74, 6) is -0.632. The van der Waals surface area contributed by atoms with Crippen LogP contribution in [0.4, 0.5) is 0 Å². The molecule has 5 nitrogen and oxygen atoms in total. The number of nitrogens with zero attached hydrogens (tertiary/aromatic N) is 1. The van der Waals surface area contributed by atoms with Crippen molar-refractivity contribution in [2.24, 2.45) is 0 Å². The zero-order valence-electron chi connectivity index (χ0n) is 14.1. The maximum absolute atomic E-state index is 12.4. The zero-order valence-corrected chi connectivity index (χ0v) is 14.1. The van der Waals surface area contributed by atoms with Gasteiger partial charge in [0.05, 0.1) is 0 Å². The Morgan fingerprint density at radius 1 is 0.962 bits per heavy atom. The van der Waals surface area contributed by atoms with Gasteiger partial charge in [-0.25, -0.2) is 4.79 Å². The Balaban J connectivity index is 1.76. The summed E-state index contributed by atoms with van der Waals surface area (Å²) < 4.78 is 6.85. The van der Waals surface area contributed by atoms with Crippen LogP contribution in [0.25, 0.3) is 0 Å². The molecule has 1 N–H and O–H groups in total. The fourth-order valence-electron chi connectivity index (χ4n) is 2.70. The number of hydrogen-bond acceptors (Lipinski definition) is 3. The van der Waals surface area contributed by atoms with Crippen molar-refractivity contribution in [3.8, 4) is 5.75 Å². The molecule has 2 aromatic carbocycles. The van der Waals surface area contributed by atoms with Crippen molar-refractivity contribution >= 4 is 5.97 Å². The molecule has 0 bridgehead atoms. The number of aliphatic carboxylic acids is 1. The van der Waals surface area contributed by atoms with Gasteiger partial charge in [-0.1, -0.05) is 60.7 Å². The summed E-state index contributed by atoms with van der Waals surface area (Å²) in [6, 6.07) is 20.8. The minimum Gasteiger partial charge on any atom is -0.489 e. The molecule has 0 amide bonds. The average Bonchev–Trinajstić information content (AvgIpc) is 2.66. The first kappa shape index (κ1) is 17.5. The van der Waals surface area contributed by atoms with Crippen molar-refractivity contribution in [3.05, 3.63) is 100 Å². The molecule has 3 rings (SSSR count). The molecule has 0 radical (unpaired) electrons. The van der Waals surface area contributed by atoms with Gasteiger partial charge in [0.15, 0.2) is 0 Å². The Morgan fingerprint density at radius 2 is 1.58 bits per heavy atom. The number of rotatable bonds is 7. The molecule has 0 spiro atoms. The lowest BCUT2D eigenvalue weighted by Crippen LogP contribution is -2.30. The van der Waals surface area contributed by atoms with Crippen LogP contribution in [0.2, 0.25) is 0 Å². The smallest absolute Gasteiger partial charge is 0.327 e. The first-order valence-electron chi connectivity index (χ1n) is 8.29. The number of ether oxygens (including phenoxy) is 1. The molecule has 0 aliphatic heterocycles. The van der Waals surface area contributed by atoms with Crippen molar-refractivity contribution in [1.82, 2.24) is 4.57 Å². The number of carboxylic acids is 1. The molecule has 26 heavy (non-hydrogen) atoms. The Labute approximate surface area is 151 Å². The molecule has 0 fully saturated rings. The second-order valence-electron chi connectivity index (χ2n) is 5.93. The monoisotopic (exact) mass is 349 g/mol. The molecule has 3 aromatic rings. The average molecular weight is 349 g/mol. The van der Waals surface area contributed by atoms with E-state index in [1.54, 1.807) is 6.07 Å². The number of pyridine rings is 1. The summed E-state index contributed by atoms with van der Waals surface area (Å²) in [4.78, 5) is 24.1. The van der Waals surface area contributed by atoms with Crippen LogP contribution in [-0.2, 0) is 17.8 Å². The second-order valence-corrected chi connectivity index (χ2v) is 5.93. The van der Waals surface area contributed by atoms with Gasteiger partial charge in [-0.05, 0) is 17.2 Å². The van der Waals surface area contributed by atoms with Crippen LogP contribution < -0.4 is 10.3 Å². The first-order valence-corrected chi connectivity index (χ1v) is 8.29. The fraction of sp³-hybridized carbons (Fsp3) is 0.143. The first-order chi connectivity index (χ1) is 12.6. The molecule has 1 aromatic heterocycles. The van der Waals surface area contributed by atoms with E-state index >= 15 is 0 Å². The Kier molecular flexibility index (Phi) is 5.49. The summed E-state index contributed by atoms with van der Waals surface area (Å²) in [5.41, 5.74) is 1.44. The second kappa shape index (κ2) is 8.16. The predicted molar refractivity (Wildman–Crippen MR) is 98.3 cm³/mol. The van der Waals surface area contributed by atoms with Gasteiger partial charge in [0.1, 0.15) is 18.4 Å². The summed E-state index contributed by atoms with van der Waals surface area (Å²) in [7, 11) is 0. The third-order valence-electron chi connectivity index (χ3n) is 4.06. The van der Waals surface area contributed by atoms with Crippen LogP contribution in [0, 0.1) is 0 Å². The van der Waals surface area contributed by atoms with Gasteiger partial charge in [-0.3, -0.25) is 4.79 Å². The third kappa shape index (κ3) is 4.39. The van der Waals surface area contributed by atoms with Gasteiger partial charge in [-0.2, -0.15) is 0 Å². The SMILES string of the molecule is O=C(O)C(Cc1ccccc1)n1ccc(OCc2ccccc2)cc1=O. The lowest BCUT2D eigenvalue weighted by atomic mass is 10.1. The molecular weight excluding hydrogens is 330 g/mol. The van der Waals surface area contributed by atoms with Gasteiger partial charge in [0.2, 0.25) is 0 Å². The lowest BCUT2D eigenvalue weighted by Gasteiger charge is -2.16. The van der Waals surface area contributed by atoms with E-state index in [0.717, 1.165) is 11.1 Å². The highest BCUT2D eigenvalue weighted by atomic mass is 16.5. The van der Waals surface area contributed by atoms with Crippen LogP contribution in [0.3, 0.4) is 0 Å². The fourth-order valence-corrected chi connectivity index (χ4v) is 2.70. The topological polar surface area (TPSA) is 68.5 Å². The molecule has 0 saturated heterocycles. The molecule has 132 valence electrons. The van der Waals surface area contributed by atoms with Crippen LogP contribution in [0.5, 0.6) is 5.75 Å². The molecule has 0 aliphatic rings. The van der Waals surface area contributed by atoms with Crippen molar-refractivity contribution in [1.29, 1.82) is 0 Å². The van der Waals surface area contributed by atoms with Gasteiger partial charge >= 0.3 is 5.97 Å². The van der Waals surface area contributed by atoms with Crippen LogP contribution in [-0.4, -0.2) is 15.6 Å². The predicted octanol–water partition coefficient (Wildman–Crippen LogP) is 3.30. The number of benzene rings is 2. The molecule has 1 atom stereocenters. The van der Waals surface area contributed by atoms with E-state index in [1.165, 1.54) is 16.8 Å². The van der Waals surface area contributed by atoms with Crippen LogP contribution >= 0.6 is 0 Å². The number of aromatic nitrogens is 1. The largest absolute Gasteiger partial charge is 0.489 e. The van der Waals surface area contributed by atoms with Gasteiger partial charge < -0.3 is 14.4 Å². The van der Waals surface area contributed by atoms with Gasteiger partial charge in [0.25, 0.3) is 5.56 Å².